The molecule has 3 rings (SSSR count). The highest BCUT2D eigenvalue weighted by Gasteiger charge is 2.24. The molecular formula is C16H13BrO2. The largest absolute Gasteiger partial charge is 0.465 e. The average molecular weight is 317 g/mol. The number of hydrogen-bond donors (Lipinski definition) is 0. The number of aryl methyl sites for hydroxylation is 1. The molecule has 0 N–H and O–H groups in total. The van der Waals surface area contributed by atoms with Crippen LogP contribution in [0.5, 0.6) is 0 Å². The summed E-state index contributed by atoms with van der Waals surface area (Å²) in [4.78, 5) is 12.0. The van der Waals surface area contributed by atoms with Crippen LogP contribution in [0.3, 0.4) is 0 Å². The number of benzene rings is 2. The molecule has 1 aliphatic carbocycles. The fourth-order valence-corrected chi connectivity index (χ4v) is 3.24. The Morgan fingerprint density at radius 1 is 1.16 bits per heavy atom. The van der Waals surface area contributed by atoms with E-state index in [2.05, 4.69) is 34.1 Å². The van der Waals surface area contributed by atoms with Gasteiger partial charge in [-0.3, -0.25) is 0 Å². The van der Waals surface area contributed by atoms with Crippen molar-refractivity contribution in [2.45, 2.75) is 12.8 Å². The Kier molecular flexibility index (Phi) is 3.15. The topological polar surface area (TPSA) is 26.3 Å². The van der Waals surface area contributed by atoms with E-state index in [-0.39, 0.29) is 5.97 Å². The molecule has 0 fully saturated rings. The molecule has 0 aromatic heterocycles. The van der Waals surface area contributed by atoms with Gasteiger partial charge in [-0.15, -0.1) is 0 Å². The molecule has 0 atom stereocenters. The summed E-state index contributed by atoms with van der Waals surface area (Å²) in [5.74, 6) is -0.275. The van der Waals surface area contributed by atoms with Gasteiger partial charge in [0.1, 0.15) is 0 Å². The van der Waals surface area contributed by atoms with Crippen molar-refractivity contribution >= 4 is 38.2 Å². The van der Waals surface area contributed by atoms with Gasteiger partial charge in [-0.05, 0) is 34.7 Å². The van der Waals surface area contributed by atoms with E-state index >= 15 is 0 Å². The summed E-state index contributed by atoms with van der Waals surface area (Å²) in [6.45, 7) is 0. The Labute approximate surface area is 120 Å². The molecule has 0 saturated heterocycles. The van der Waals surface area contributed by atoms with E-state index < -0.39 is 0 Å². The summed E-state index contributed by atoms with van der Waals surface area (Å²) in [7, 11) is 1.42. The van der Waals surface area contributed by atoms with Gasteiger partial charge in [-0.2, -0.15) is 0 Å². The molecule has 0 spiro atoms. The smallest absolute Gasteiger partial charge is 0.339 e. The lowest BCUT2D eigenvalue weighted by Gasteiger charge is -2.20. The first-order chi connectivity index (χ1) is 9.22. The minimum absolute atomic E-state index is 0.275. The molecule has 0 aliphatic heterocycles. The van der Waals surface area contributed by atoms with Crippen molar-refractivity contribution in [1.29, 1.82) is 0 Å². The molecule has 0 bridgehead atoms. The number of carbonyl (C=O) groups excluding carboxylic acids is 1. The van der Waals surface area contributed by atoms with Crippen LogP contribution in [0.15, 0.2) is 40.9 Å². The van der Waals surface area contributed by atoms with Gasteiger partial charge in [0, 0.05) is 4.48 Å². The van der Waals surface area contributed by atoms with E-state index in [0.29, 0.717) is 5.57 Å². The fraction of sp³-hybridized carbons (Fsp3) is 0.188. The quantitative estimate of drug-likeness (QED) is 0.741. The highest BCUT2D eigenvalue weighted by molar-refractivity contribution is 9.11. The van der Waals surface area contributed by atoms with Gasteiger partial charge in [0.25, 0.3) is 0 Å². The van der Waals surface area contributed by atoms with Crippen LogP contribution in [0.2, 0.25) is 0 Å². The van der Waals surface area contributed by atoms with Crippen molar-refractivity contribution in [3.05, 3.63) is 52.0 Å². The molecule has 0 saturated carbocycles. The first-order valence-corrected chi connectivity index (χ1v) is 6.99. The van der Waals surface area contributed by atoms with Crippen molar-refractivity contribution < 1.29 is 9.53 Å². The summed E-state index contributed by atoms with van der Waals surface area (Å²) in [5.41, 5.74) is 2.89. The molecule has 2 nitrogen and oxygen atoms in total. The Bertz CT molecular complexity index is 701. The van der Waals surface area contributed by atoms with Crippen LogP contribution in [0, 0.1) is 0 Å². The third-order valence-electron chi connectivity index (χ3n) is 3.57. The third-order valence-corrected chi connectivity index (χ3v) is 4.36. The molecule has 2 aromatic carbocycles. The number of allylic oxidation sites excluding steroid dienone is 1. The van der Waals surface area contributed by atoms with E-state index in [0.717, 1.165) is 22.9 Å². The SMILES string of the molecule is COC(=O)C1=C(Br)CCc2c1ccc1ccccc21. The zero-order valence-corrected chi connectivity index (χ0v) is 12.2. The summed E-state index contributed by atoms with van der Waals surface area (Å²) in [6.07, 6.45) is 1.78. The number of carbonyl (C=O) groups is 1. The van der Waals surface area contributed by atoms with Crippen LogP contribution >= 0.6 is 15.9 Å². The maximum Gasteiger partial charge on any atom is 0.339 e. The van der Waals surface area contributed by atoms with Crippen molar-refractivity contribution in [2.24, 2.45) is 0 Å². The predicted octanol–water partition coefficient (Wildman–Crippen LogP) is 4.07. The van der Waals surface area contributed by atoms with Crippen LogP contribution in [-0.4, -0.2) is 13.1 Å². The number of esters is 1. The summed E-state index contributed by atoms with van der Waals surface area (Å²) in [6, 6.07) is 12.4. The second kappa shape index (κ2) is 4.82. The van der Waals surface area contributed by atoms with Gasteiger partial charge in [-0.1, -0.05) is 52.3 Å². The maximum atomic E-state index is 12.0. The lowest BCUT2D eigenvalue weighted by Crippen LogP contribution is -2.12. The maximum absolute atomic E-state index is 12.0. The standard InChI is InChI=1S/C16H13BrO2/c1-19-16(18)15-13-7-6-10-4-2-3-5-11(10)12(13)8-9-14(15)17/h2-7H,8-9H2,1H3. The number of methoxy groups -OCH3 is 1. The van der Waals surface area contributed by atoms with Crippen LogP contribution < -0.4 is 0 Å². The number of hydrogen-bond acceptors (Lipinski definition) is 2. The minimum atomic E-state index is -0.275. The predicted molar refractivity (Wildman–Crippen MR) is 80.1 cm³/mol. The van der Waals surface area contributed by atoms with E-state index in [1.165, 1.54) is 23.4 Å². The van der Waals surface area contributed by atoms with Crippen LogP contribution in [0.4, 0.5) is 0 Å². The first-order valence-electron chi connectivity index (χ1n) is 6.20. The minimum Gasteiger partial charge on any atom is -0.465 e. The molecule has 1 aliphatic rings. The number of halogens is 1. The molecule has 0 heterocycles. The molecule has 19 heavy (non-hydrogen) atoms. The van der Waals surface area contributed by atoms with E-state index in [1.54, 1.807) is 0 Å². The highest BCUT2D eigenvalue weighted by Crippen LogP contribution is 2.38. The molecule has 2 aromatic rings. The van der Waals surface area contributed by atoms with Gasteiger partial charge in [-0.25, -0.2) is 4.79 Å². The normalized spacial score (nSPS) is 14.4. The van der Waals surface area contributed by atoms with Crippen molar-refractivity contribution in [3.8, 4) is 0 Å². The molecule has 0 unspecified atom stereocenters. The van der Waals surface area contributed by atoms with E-state index in [1.807, 2.05) is 18.2 Å². The molecule has 3 heteroatoms. The average Bonchev–Trinajstić information content (AvgIpc) is 2.46. The third kappa shape index (κ3) is 1.98. The summed E-state index contributed by atoms with van der Waals surface area (Å²) in [5, 5.41) is 2.44. The van der Waals surface area contributed by atoms with Gasteiger partial charge < -0.3 is 4.74 Å². The molecule has 0 amide bonds. The van der Waals surface area contributed by atoms with E-state index in [9.17, 15) is 4.79 Å². The second-order valence-corrected chi connectivity index (χ2v) is 5.54. The number of ether oxygens (including phenoxy) is 1. The monoisotopic (exact) mass is 316 g/mol. The van der Waals surface area contributed by atoms with Crippen molar-refractivity contribution in [2.75, 3.05) is 7.11 Å². The van der Waals surface area contributed by atoms with E-state index in [4.69, 9.17) is 4.74 Å². The lowest BCUT2D eigenvalue weighted by atomic mass is 9.87. The Balaban J connectivity index is 2.29. The second-order valence-electron chi connectivity index (χ2n) is 4.58. The van der Waals surface area contributed by atoms with Gasteiger partial charge >= 0.3 is 5.97 Å². The number of fused-ring (bicyclic) bond motifs is 3. The summed E-state index contributed by atoms with van der Waals surface area (Å²) < 4.78 is 5.83. The van der Waals surface area contributed by atoms with Crippen LogP contribution in [0.1, 0.15) is 17.5 Å². The lowest BCUT2D eigenvalue weighted by molar-refractivity contribution is -0.133. The van der Waals surface area contributed by atoms with Crippen molar-refractivity contribution in [1.82, 2.24) is 0 Å². The Hall–Kier alpha value is -1.61. The molecular weight excluding hydrogens is 304 g/mol. The van der Waals surface area contributed by atoms with Gasteiger partial charge in [0.05, 0.1) is 12.7 Å². The molecule has 0 radical (unpaired) electrons. The Morgan fingerprint density at radius 2 is 1.95 bits per heavy atom. The fourth-order valence-electron chi connectivity index (χ4n) is 2.67. The van der Waals surface area contributed by atoms with Crippen LogP contribution in [-0.2, 0) is 16.0 Å². The highest BCUT2D eigenvalue weighted by atomic mass is 79.9. The van der Waals surface area contributed by atoms with Gasteiger partial charge in [0.2, 0.25) is 0 Å². The van der Waals surface area contributed by atoms with Crippen LogP contribution in [0.25, 0.3) is 16.3 Å². The Morgan fingerprint density at radius 3 is 2.74 bits per heavy atom. The zero-order chi connectivity index (χ0) is 13.4. The van der Waals surface area contributed by atoms with Crippen molar-refractivity contribution in [3.63, 3.8) is 0 Å². The first kappa shape index (κ1) is 12.4. The number of rotatable bonds is 1. The zero-order valence-electron chi connectivity index (χ0n) is 10.6. The summed E-state index contributed by atoms with van der Waals surface area (Å²) >= 11 is 3.51. The molecule has 96 valence electrons. The van der Waals surface area contributed by atoms with Gasteiger partial charge in [0.15, 0.2) is 0 Å².